The van der Waals surface area contributed by atoms with Crippen molar-refractivity contribution < 1.29 is 27.4 Å². The summed E-state index contributed by atoms with van der Waals surface area (Å²) < 4.78 is 50.0. The molecular formula is C21H22ClF3N2O3. The van der Waals surface area contributed by atoms with E-state index in [1.54, 1.807) is 24.3 Å². The largest absolute Gasteiger partial charge is 0.490 e. The molecule has 0 bridgehead atoms. The van der Waals surface area contributed by atoms with Crippen molar-refractivity contribution in [3.63, 3.8) is 0 Å². The van der Waals surface area contributed by atoms with E-state index >= 15 is 0 Å². The third kappa shape index (κ3) is 6.10. The van der Waals surface area contributed by atoms with Crippen LogP contribution in [0, 0.1) is 0 Å². The summed E-state index contributed by atoms with van der Waals surface area (Å²) in [6.07, 6.45) is -4.41. The molecule has 30 heavy (non-hydrogen) atoms. The number of primary amides is 1. The van der Waals surface area contributed by atoms with Gasteiger partial charge in [-0.2, -0.15) is 13.2 Å². The maximum atomic E-state index is 12.8. The first-order chi connectivity index (χ1) is 14.2. The van der Waals surface area contributed by atoms with Crippen molar-refractivity contribution in [2.75, 3.05) is 26.3 Å². The highest BCUT2D eigenvalue weighted by atomic mass is 35.5. The van der Waals surface area contributed by atoms with E-state index < -0.39 is 23.2 Å². The lowest BCUT2D eigenvalue weighted by atomic mass is 9.97. The van der Waals surface area contributed by atoms with Gasteiger partial charge in [0.1, 0.15) is 18.0 Å². The number of benzene rings is 2. The van der Waals surface area contributed by atoms with Gasteiger partial charge in [0.25, 0.3) is 0 Å². The van der Waals surface area contributed by atoms with Gasteiger partial charge in [-0.25, -0.2) is 0 Å². The van der Waals surface area contributed by atoms with Crippen molar-refractivity contribution in [2.45, 2.75) is 24.7 Å². The third-order valence-corrected chi connectivity index (χ3v) is 5.04. The Balaban J connectivity index is 1.69. The molecule has 1 saturated heterocycles. The fraction of sp³-hybridized carbons (Fsp3) is 0.381. The van der Waals surface area contributed by atoms with E-state index in [-0.39, 0.29) is 13.0 Å². The molecule has 1 aliphatic heterocycles. The van der Waals surface area contributed by atoms with Crippen molar-refractivity contribution in [1.82, 2.24) is 4.90 Å². The van der Waals surface area contributed by atoms with Gasteiger partial charge in [-0.05, 0) is 35.9 Å². The molecule has 3 rings (SSSR count). The van der Waals surface area contributed by atoms with E-state index in [0.29, 0.717) is 37.0 Å². The fourth-order valence-corrected chi connectivity index (χ4v) is 3.63. The Bertz CT molecular complexity index is 877. The molecule has 0 spiro atoms. The van der Waals surface area contributed by atoms with E-state index in [4.69, 9.17) is 26.8 Å². The molecule has 1 heterocycles. The molecule has 2 aromatic rings. The van der Waals surface area contributed by atoms with Crippen LogP contribution in [0.25, 0.3) is 0 Å². The molecule has 0 unspecified atom stereocenters. The van der Waals surface area contributed by atoms with Gasteiger partial charge < -0.3 is 15.2 Å². The van der Waals surface area contributed by atoms with Gasteiger partial charge in [0.15, 0.2) is 0 Å². The Labute approximate surface area is 177 Å². The van der Waals surface area contributed by atoms with Gasteiger partial charge in [0.05, 0.1) is 18.6 Å². The van der Waals surface area contributed by atoms with Crippen LogP contribution in [-0.4, -0.2) is 42.7 Å². The Hall–Kier alpha value is -2.29. The van der Waals surface area contributed by atoms with E-state index in [0.717, 1.165) is 17.7 Å². The molecule has 1 aliphatic rings. The molecule has 9 heteroatoms. The summed E-state index contributed by atoms with van der Waals surface area (Å²) >= 11 is 5.97. The molecule has 1 amide bonds. The predicted molar refractivity (Wildman–Crippen MR) is 106 cm³/mol. The highest BCUT2D eigenvalue weighted by Crippen LogP contribution is 2.30. The summed E-state index contributed by atoms with van der Waals surface area (Å²) in [5.41, 5.74) is 4.52. The molecule has 0 aromatic heterocycles. The summed E-state index contributed by atoms with van der Waals surface area (Å²) in [6.45, 7) is 1.75. The maximum Gasteiger partial charge on any atom is 0.416 e. The zero-order valence-electron chi connectivity index (χ0n) is 16.1. The second-order valence-electron chi connectivity index (χ2n) is 7.33. The number of carbonyl (C=O) groups excluding carboxylic acids is 1. The third-order valence-electron chi connectivity index (χ3n) is 4.81. The number of hydrogen-bond donors (Lipinski definition) is 1. The molecular weight excluding hydrogens is 421 g/mol. The van der Waals surface area contributed by atoms with E-state index in [1.165, 1.54) is 12.1 Å². The fourth-order valence-electron chi connectivity index (χ4n) is 3.45. The first-order valence-corrected chi connectivity index (χ1v) is 9.72. The average molecular weight is 443 g/mol. The molecule has 1 atom stereocenters. The lowest BCUT2D eigenvalue weighted by Crippen LogP contribution is -2.56. The van der Waals surface area contributed by atoms with Crippen LogP contribution >= 0.6 is 11.6 Å². The molecule has 0 aliphatic carbocycles. The second-order valence-corrected chi connectivity index (χ2v) is 7.76. The zero-order chi connectivity index (χ0) is 21.8. The Morgan fingerprint density at radius 1 is 1.23 bits per heavy atom. The van der Waals surface area contributed by atoms with E-state index in [2.05, 4.69) is 0 Å². The van der Waals surface area contributed by atoms with Gasteiger partial charge >= 0.3 is 6.18 Å². The van der Waals surface area contributed by atoms with Crippen LogP contribution in [0.1, 0.15) is 17.5 Å². The van der Waals surface area contributed by atoms with Gasteiger partial charge in [0.2, 0.25) is 5.91 Å². The molecule has 5 nitrogen and oxygen atoms in total. The van der Waals surface area contributed by atoms with E-state index in [9.17, 15) is 18.0 Å². The minimum Gasteiger partial charge on any atom is -0.490 e. The lowest BCUT2D eigenvalue weighted by molar-refractivity contribution is -0.148. The smallest absolute Gasteiger partial charge is 0.416 e. The minimum absolute atomic E-state index is 0.0446. The summed E-state index contributed by atoms with van der Waals surface area (Å²) in [4.78, 5) is 13.7. The zero-order valence-corrected chi connectivity index (χ0v) is 16.9. The number of morpholine rings is 1. The average Bonchev–Trinajstić information content (AvgIpc) is 2.66. The van der Waals surface area contributed by atoms with E-state index in [1.807, 2.05) is 4.90 Å². The van der Waals surface area contributed by atoms with Gasteiger partial charge in [-0.15, -0.1) is 0 Å². The highest BCUT2D eigenvalue weighted by Gasteiger charge is 2.39. The normalized spacial score (nSPS) is 20.1. The number of carbonyl (C=O) groups is 1. The van der Waals surface area contributed by atoms with Gasteiger partial charge in [0, 0.05) is 24.7 Å². The molecule has 2 aromatic carbocycles. The summed E-state index contributed by atoms with van der Waals surface area (Å²) in [7, 11) is 0. The number of nitrogens with zero attached hydrogens (tertiary/aromatic N) is 1. The van der Waals surface area contributed by atoms with Crippen molar-refractivity contribution in [3.8, 4) is 5.75 Å². The molecule has 0 radical (unpaired) electrons. The predicted octanol–water partition coefficient (Wildman–Crippen LogP) is 3.88. The first kappa shape index (κ1) is 22.4. The molecule has 0 saturated carbocycles. The SMILES string of the molecule is NC(=O)C[C@@]1(COc2cccc(Cl)c2)CN(Cc2ccc(C(F)(F)F)cc2)CCO1. The number of hydrogen-bond acceptors (Lipinski definition) is 4. The number of alkyl halides is 3. The topological polar surface area (TPSA) is 64.8 Å². The maximum absolute atomic E-state index is 12.8. The van der Waals surface area contributed by atoms with Crippen LogP contribution in [0.15, 0.2) is 48.5 Å². The summed E-state index contributed by atoms with van der Waals surface area (Å²) in [5.74, 6) is 0.0101. The van der Waals surface area contributed by atoms with Crippen LogP contribution in [0.5, 0.6) is 5.75 Å². The Morgan fingerprint density at radius 3 is 2.60 bits per heavy atom. The monoisotopic (exact) mass is 442 g/mol. The first-order valence-electron chi connectivity index (χ1n) is 9.34. The standard InChI is InChI=1S/C21H22ClF3N2O3/c22-17-2-1-3-18(10-17)29-14-20(11-19(26)28)13-27(8-9-30-20)12-15-4-6-16(7-5-15)21(23,24)25/h1-7,10H,8-9,11-14H2,(H2,26,28)/t20-/m0/s1. The van der Waals surface area contributed by atoms with Crippen molar-refractivity contribution in [2.24, 2.45) is 5.73 Å². The van der Waals surface area contributed by atoms with Gasteiger partial charge in [-0.1, -0.05) is 29.8 Å². The van der Waals surface area contributed by atoms with Crippen LogP contribution in [0.4, 0.5) is 13.2 Å². The summed E-state index contributed by atoms with van der Waals surface area (Å²) in [6, 6.07) is 11.9. The number of nitrogens with two attached hydrogens (primary N) is 1. The summed E-state index contributed by atoms with van der Waals surface area (Å²) in [5, 5.41) is 0.518. The van der Waals surface area contributed by atoms with Crippen LogP contribution < -0.4 is 10.5 Å². The minimum atomic E-state index is -4.37. The number of rotatable bonds is 7. The molecule has 1 fully saturated rings. The quantitative estimate of drug-likeness (QED) is 0.706. The van der Waals surface area contributed by atoms with Gasteiger partial charge in [-0.3, -0.25) is 9.69 Å². The second kappa shape index (κ2) is 9.24. The van der Waals surface area contributed by atoms with Crippen LogP contribution in [0.2, 0.25) is 5.02 Å². The Morgan fingerprint density at radius 2 is 1.97 bits per heavy atom. The highest BCUT2D eigenvalue weighted by molar-refractivity contribution is 6.30. The van der Waals surface area contributed by atoms with Crippen molar-refractivity contribution >= 4 is 17.5 Å². The number of ether oxygens (including phenoxy) is 2. The van der Waals surface area contributed by atoms with Crippen LogP contribution in [0.3, 0.4) is 0 Å². The number of amides is 1. The Kier molecular flexibility index (Phi) is 6.90. The molecule has 2 N–H and O–H groups in total. The van der Waals surface area contributed by atoms with Crippen molar-refractivity contribution in [1.29, 1.82) is 0 Å². The van der Waals surface area contributed by atoms with Crippen molar-refractivity contribution in [3.05, 3.63) is 64.7 Å². The number of halogens is 4. The lowest BCUT2D eigenvalue weighted by Gasteiger charge is -2.42. The molecule has 162 valence electrons. The van der Waals surface area contributed by atoms with Crippen LogP contribution in [-0.2, 0) is 22.3 Å².